The third kappa shape index (κ3) is 11.6. The molecule has 0 fully saturated rings. The molecule has 58 valence electrons. The molecule has 0 aliphatic heterocycles. The standard InChI is InChI=1S/C3H9NO3S.ClH/c1-8(5,6)3-2-7-4;/h2-4H2,1H3;1H. The van der Waals surface area contributed by atoms with Crippen molar-refractivity contribution >= 4 is 22.2 Å². The van der Waals surface area contributed by atoms with E-state index in [0.717, 1.165) is 6.26 Å². The van der Waals surface area contributed by atoms with Gasteiger partial charge in [-0.15, -0.1) is 12.4 Å². The molecule has 0 aliphatic carbocycles. The second kappa shape index (κ2) is 4.99. The second-order valence-corrected chi connectivity index (χ2v) is 3.76. The van der Waals surface area contributed by atoms with E-state index >= 15 is 0 Å². The van der Waals surface area contributed by atoms with Crippen molar-refractivity contribution in [2.45, 2.75) is 0 Å². The maximum absolute atomic E-state index is 10.3. The fraction of sp³-hybridized carbons (Fsp3) is 1.00. The van der Waals surface area contributed by atoms with Gasteiger partial charge in [0.05, 0.1) is 12.4 Å². The van der Waals surface area contributed by atoms with Gasteiger partial charge in [-0.1, -0.05) is 0 Å². The summed E-state index contributed by atoms with van der Waals surface area (Å²) in [5, 5.41) is 0. The van der Waals surface area contributed by atoms with Crippen LogP contribution in [0.25, 0.3) is 0 Å². The topological polar surface area (TPSA) is 69.4 Å². The van der Waals surface area contributed by atoms with Crippen molar-refractivity contribution in [3.63, 3.8) is 0 Å². The van der Waals surface area contributed by atoms with E-state index in [9.17, 15) is 8.42 Å². The Hall–Kier alpha value is 0.160. The summed E-state index contributed by atoms with van der Waals surface area (Å²) in [7, 11) is -2.89. The van der Waals surface area contributed by atoms with Gasteiger partial charge in [0.2, 0.25) is 0 Å². The Labute approximate surface area is 60.7 Å². The molecule has 0 aliphatic rings. The summed E-state index contributed by atoms with van der Waals surface area (Å²) in [5.74, 6) is 4.56. The molecule has 0 spiro atoms. The monoisotopic (exact) mass is 175 g/mol. The van der Waals surface area contributed by atoms with Crippen molar-refractivity contribution in [2.75, 3.05) is 18.6 Å². The maximum atomic E-state index is 10.3. The minimum atomic E-state index is -2.89. The summed E-state index contributed by atoms with van der Waals surface area (Å²) in [6, 6.07) is 0. The Bertz CT molecular complexity index is 143. The molecule has 0 rings (SSSR count). The van der Waals surface area contributed by atoms with E-state index < -0.39 is 9.84 Å². The fourth-order valence-corrected chi connectivity index (χ4v) is 0.598. The quantitative estimate of drug-likeness (QED) is 0.579. The number of halogens is 1. The van der Waals surface area contributed by atoms with Crippen molar-refractivity contribution in [3.05, 3.63) is 0 Å². The third-order valence-corrected chi connectivity index (χ3v) is 1.48. The lowest BCUT2D eigenvalue weighted by Gasteiger charge is -1.92. The molecule has 0 aromatic rings. The Morgan fingerprint density at radius 1 is 1.56 bits per heavy atom. The lowest BCUT2D eigenvalue weighted by atomic mass is 10.9. The van der Waals surface area contributed by atoms with E-state index in [4.69, 9.17) is 0 Å². The van der Waals surface area contributed by atoms with Gasteiger partial charge in [0.1, 0.15) is 9.84 Å². The smallest absolute Gasteiger partial charge is 0.149 e. The maximum Gasteiger partial charge on any atom is 0.149 e. The molecule has 0 bridgehead atoms. The Balaban J connectivity index is 0. The van der Waals surface area contributed by atoms with Crippen LogP contribution in [-0.2, 0) is 14.7 Å². The molecular formula is C3H10ClNO3S. The molecule has 0 amide bonds. The molecule has 2 N–H and O–H groups in total. The number of hydrogen-bond acceptors (Lipinski definition) is 4. The fourth-order valence-electron chi connectivity index (χ4n) is 0.199. The van der Waals surface area contributed by atoms with Gasteiger partial charge in [-0.2, -0.15) is 0 Å². The van der Waals surface area contributed by atoms with E-state index in [-0.39, 0.29) is 24.8 Å². The van der Waals surface area contributed by atoms with Crippen LogP contribution < -0.4 is 5.90 Å². The molecule has 9 heavy (non-hydrogen) atoms. The van der Waals surface area contributed by atoms with Gasteiger partial charge in [-0.05, 0) is 0 Å². The molecular weight excluding hydrogens is 166 g/mol. The first kappa shape index (κ1) is 11.9. The van der Waals surface area contributed by atoms with Crippen molar-refractivity contribution in [1.82, 2.24) is 0 Å². The van der Waals surface area contributed by atoms with Crippen LogP contribution in [0.15, 0.2) is 0 Å². The van der Waals surface area contributed by atoms with E-state index in [1.807, 2.05) is 0 Å². The van der Waals surface area contributed by atoms with Crippen molar-refractivity contribution < 1.29 is 13.3 Å². The minimum absolute atomic E-state index is 0. The van der Waals surface area contributed by atoms with Gasteiger partial charge < -0.3 is 4.84 Å². The molecule has 0 radical (unpaired) electrons. The highest BCUT2D eigenvalue weighted by atomic mass is 35.5. The van der Waals surface area contributed by atoms with Gasteiger partial charge >= 0.3 is 0 Å². The molecule has 6 heteroatoms. The molecule has 0 saturated heterocycles. The first-order valence-electron chi connectivity index (χ1n) is 2.05. The van der Waals surface area contributed by atoms with Crippen LogP contribution in [0.1, 0.15) is 0 Å². The normalized spacial score (nSPS) is 10.4. The largest absolute Gasteiger partial charge is 0.304 e. The summed E-state index contributed by atoms with van der Waals surface area (Å²) in [4.78, 5) is 4.04. The van der Waals surface area contributed by atoms with Crippen LogP contribution in [0.4, 0.5) is 0 Å². The zero-order valence-electron chi connectivity index (χ0n) is 5.03. The van der Waals surface area contributed by atoms with Crippen LogP contribution in [-0.4, -0.2) is 27.0 Å². The zero-order valence-corrected chi connectivity index (χ0v) is 6.67. The van der Waals surface area contributed by atoms with Gasteiger partial charge in [0.15, 0.2) is 0 Å². The molecule has 0 aromatic carbocycles. The zero-order chi connectivity index (χ0) is 6.62. The van der Waals surface area contributed by atoms with Crippen LogP contribution >= 0.6 is 12.4 Å². The van der Waals surface area contributed by atoms with Gasteiger partial charge in [0, 0.05) is 6.26 Å². The van der Waals surface area contributed by atoms with Gasteiger partial charge in [-0.3, -0.25) is 0 Å². The van der Waals surface area contributed by atoms with E-state index in [1.54, 1.807) is 0 Å². The van der Waals surface area contributed by atoms with Crippen LogP contribution in [0, 0.1) is 0 Å². The van der Waals surface area contributed by atoms with Crippen molar-refractivity contribution in [3.8, 4) is 0 Å². The highest BCUT2D eigenvalue weighted by Gasteiger charge is 1.98. The molecule has 0 heterocycles. The molecule has 0 unspecified atom stereocenters. The molecule has 0 aromatic heterocycles. The minimum Gasteiger partial charge on any atom is -0.304 e. The van der Waals surface area contributed by atoms with Crippen molar-refractivity contribution in [2.24, 2.45) is 5.90 Å². The van der Waals surface area contributed by atoms with E-state index in [1.165, 1.54) is 0 Å². The Morgan fingerprint density at radius 3 is 2.11 bits per heavy atom. The summed E-state index contributed by atoms with van der Waals surface area (Å²) >= 11 is 0. The number of nitrogens with two attached hydrogens (primary N) is 1. The lowest BCUT2D eigenvalue weighted by molar-refractivity contribution is 0.154. The summed E-state index contributed by atoms with van der Waals surface area (Å²) < 4.78 is 20.5. The van der Waals surface area contributed by atoms with Gasteiger partial charge in [0.25, 0.3) is 0 Å². The van der Waals surface area contributed by atoms with Crippen LogP contribution in [0.3, 0.4) is 0 Å². The first-order chi connectivity index (χ1) is 3.56. The summed E-state index contributed by atoms with van der Waals surface area (Å²) in [5.41, 5.74) is 0. The SMILES string of the molecule is CS(=O)(=O)CCON.Cl. The number of hydrogen-bond donors (Lipinski definition) is 1. The molecule has 0 atom stereocenters. The third-order valence-electron chi connectivity index (χ3n) is 0.572. The van der Waals surface area contributed by atoms with Crippen molar-refractivity contribution in [1.29, 1.82) is 0 Å². The van der Waals surface area contributed by atoms with Crippen LogP contribution in [0.5, 0.6) is 0 Å². The predicted octanol–water partition coefficient (Wildman–Crippen LogP) is -0.657. The summed E-state index contributed by atoms with van der Waals surface area (Å²) in [6.07, 6.45) is 1.13. The van der Waals surface area contributed by atoms with E-state index in [2.05, 4.69) is 10.7 Å². The Morgan fingerprint density at radius 2 is 2.00 bits per heavy atom. The number of sulfone groups is 1. The highest BCUT2D eigenvalue weighted by Crippen LogP contribution is 1.79. The average molecular weight is 176 g/mol. The average Bonchev–Trinajstić information content (AvgIpc) is 1.59. The predicted molar refractivity (Wildman–Crippen MR) is 37.1 cm³/mol. The van der Waals surface area contributed by atoms with E-state index in [0.29, 0.717) is 0 Å². The van der Waals surface area contributed by atoms with Crippen LogP contribution in [0.2, 0.25) is 0 Å². The highest BCUT2D eigenvalue weighted by molar-refractivity contribution is 7.90. The lowest BCUT2D eigenvalue weighted by Crippen LogP contribution is -2.12. The second-order valence-electron chi connectivity index (χ2n) is 1.50. The first-order valence-corrected chi connectivity index (χ1v) is 4.12. The number of rotatable bonds is 3. The Kier molecular flexibility index (Phi) is 6.59. The summed E-state index contributed by atoms with van der Waals surface area (Å²) in [6.45, 7) is 0.0683. The molecule has 4 nitrogen and oxygen atoms in total. The van der Waals surface area contributed by atoms with Gasteiger partial charge in [-0.25, -0.2) is 14.3 Å². The molecule has 0 saturated carbocycles.